The molecule has 22 heavy (non-hydrogen) atoms. The molecule has 1 atom stereocenters. The molecule has 3 aromatic rings. The smallest absolute Gasteiger partial charge is 0.163 e. The quantitative estimate of drug-likeness (QED) is 0.730. The summed E-state index contributed by atoms with van der Waals surface area (Å²) in [6.07, 6.45) is 5.42. The summed E-state index contributed by atoms with van der Waals surface area (Å²) < 4.78 is 15.3. The monoisotopic (exact) mass is 297 g/mol. The molecule has 0 aliphatic carbocycles. The normalized spacial score (nSPS) is 18.3. The maximum Gasteiger partial charge on any atom is 0.163 e. The number of rotatable bonds is 2. The van der Waals surface area contributed by atoms with Crippen LogP contribution < -0.4 is 4.90 Å². The molecule has 0 spiro atoms. The second kappa shape index (κ2) is 5.05. The van der Waals surface area contributed by atoms with E-state index in [1.165, 1.54) is 6.07 Å². The van der Waals surface area contributed by atoms with Crippen LogP contribution in [0.15, 0.2) is 36.8 Å². The molecule has 1 aromatic carbocycles. The predicted octanol–water partition coefficient (Wildman–Crippen LogP) is 2.84. The summed E-state index contributed by atoms with van der Waals surface area (Å²) in [6.45, 7) is 0.905. The molecule has 0 saturated carbocycles. The molecule has 0 amide bonds. The standard InChI is InChI=1S/C16H16FN5/c1-21-15-13(9-20-21)16(19-10-18-15)22-7-3-6-14(22)11-4-2-5-12(17)8-11/h2,4-5,8-10,14H,3,6-7H2,1H3. The van der Waals surface area contributed by atoms with Crippen LogP contribution >= 0.6 is 0 Å². The first-order valence-corrected chi connectivity index (χ1v) is 7.39. The highest BCUT2D eigenvalue weighted by molar-refractivity contribution is 5.87. The predicted molar refractivity (Wildman–Crippen MR) is 82.0 cm³/mol. The van der Waals surface area contributed by atoms with E-state index >= 15 is 0 Å². The number of hydrogen-bond donors (Lipinski definition) is 0. The molecule has 0 radical (unpaired) electrons. The first-order valence-electron chi connectivity index (χ1n) is 7.39. The second-order valence-corrected chi connectivity index (χ2v) is 5.61. The van der Waals surface area contributed by atoms with Gasteiger partial charge in [0.1, 0.15) is 18.0 Å². The topological polar surface area (TPSA) is 46.8 Å². The third-order valence-electron chi connectivity index (χ3n) is 4.27. The van der Waals surface area contributed by atoms with Crippen LogP contribution in [0, 0.1) is 5.82 Å². The number of aromatic nitrogens is 4. The lowest BCUT2D eigenvalue weighted by molar-refractivity contribution is 0.618. The molecule has 1 saturated heterocycles. The number of fused-ring (bicyclic) bond motifs is 1. The molecular formula is C16H16FN5. The molecule has 0 bridgehead atoms. The summed E-state index contributed by atoms with van der Waals surface area (Å²) in [5.74, 6) is 0.684. The number of nitrogens with zero attached hydrogens (tertiary/aromatic N) is 5. The average Bonchev–Trinajstić information content (AvgIpc) is 3.14. The molecular weight excluding hydrogens is 281 g/mol. The van der Waals surface area contributed by atoms with E-state index in [-0.39, 0.29) is 11.9 Å². The number of hydrogen-bond acceptors (Lipinski definition) is 4. The van der Waals surface area contributed by atoms with Gasteiger partial charge in [-0.05, 0) is 30.5 Å². The van der Waals surface area contributed by atoms with Crippen LogP contribution in [0.1, 0.15) is 24.4 Å². The molecule has 2 aromatic heterocycles. The van der Waals surface area contributed by atoms with Crippen molar-refractivity contribution in [1.82, 2.24) is 19.7 Å². The van der Waals surface area contributed by atoms with Gasteiger partial charge in [-0.3, -0.25) is 4.68 Å². The van der Waals surface area contributed by atoms with Gasteiger partial charge in [-0.25, -0.2) is 14.4 Å². The van der Waals surface area contributed by atoms with E-state index in [0.29, 0.717) is 0 Å². The van der Waals surface area contributed by atoms with E-state index < -0.39 is 0 Å². The highest BCUT2D eigenvalue weighted by atomic mass is 19.1. The van der Waals surface area contributed by atoms with Crippen molar-refractivity contribution in [2.45, 2.75) is 18.9 Å². The summed E-state index contributed by atoms with van der Waals surface area (Å²) in [4.78, 5) is 11.0. The van der Waals surface area contributed by atoms with Crippen molar-refractivity contribution in [3.05, 3.63) is 48.2 Å². The number of halogens is 1. The lowest BCUT2D eigenvalue weighted by Crippen LogP contribution is -2.24. The maximum atomic E-state index is 13.5. The Hall–Kier alpha value is -2.50. The number of benzene rings is 1. The van der Waals surface area contributed by atoms with Crippen molar-refractivity contribution in [1.29, 1.82) is 0 Å². The van der Waals surface area contributed by atoms with Crippen molar-refractivity contribution in [2.24, 2.45) is 7.05 Å². The fourth-order valence-electron chi connectivity index (χ4n) is 3.26. The van der Waals surface area contributed by atoms with Gasteiger partial charge in [0.2, 0.25) is 0 Å². The molecule has 3 heterocycles. The zero-order valence-corrected chi connectivity index (χ0v) is 12.3. The fraction of sp³-hybridized carbons (Fsp3) is 0.312. The van der Waals surface area contributed by atoms with Crippen LogP contribution in [-0.2, 0) is 7.05 Å². The van der Waals surface area contributed by atoms with Crippen LogP contribution in [0.5, 0.6) is 0 Å². The third kappa shape index (κ3) is 2.03. The maximum absolute atomic E-state index is 13.5. The summed E-state index contributed by atoms with van der Waals surface area (Å²) in [5.41, 5.74) is 1.81. The summed E-state index contributed by atoms with van der Waals surface area (Å²) in [6, 6.07) is 6.99. The van der Waals surface area contributed by atoms with E-state index in [9.17, 15) is 4.39 Å². The Bertz CT molecular complexity index is 828. The molecule has 6 heteroatoms. The Kier molecular flexibility index (Phi) is 3.03. The molecule has 112 valence electrons. The first kappa shape index (κ1) is 13.2. The van der Waals surface area contributed by atoms with Gasteiger partial charge in [-0.2, -0.15) is 5.10 Å². The average molecular weight is 297 g/mol. The molecule has 1 aliphatic rings. The van der Waals surface area contributed by atoms with E-state index in [4.69, 9.17) is 0 Å². The van der Waals surface area contributed by atoms with Crippen molar-refractivity contribution < 1.29 is 4.39 Å². The van der Waals surface area contributed by atoms with Crippen molar-refractivity contribution in [2.75, 3.05) is 11.4 Å². The van der Waals surface area contributed by atoms with E-state index in [2.05, 4.69) is 20.0 Å². The van der Waals surface area contributed by atoms with Gasteiger partial charge in [-0.15, -0.1) is 0 Å². The minimum Gasteiger partial charge on any atom is -0.349 e. The molecule has 4 rings (SSSR count). The zero-order chi connectivity index (χ0) is 15.1. The minimum atomic E-state index is -0.196. The largest absolute Gasteiger partial charge is 0.349 e. The molecule has 1 aliphatic heterocycles. The van der Waals surface area contributed by atoms with Crippen LogP contribution in [-0.4, -0.2) is 26.3 Å². The van der Waals surface area contributed by atoms with Gasteiger partial charge in [0.15, 0.2) is 5.65 Å². The Balaban J connectivity index is 1.80. The van der Waals surface area contributed by atoms with Crippen LogP contribution in [0.4, 0.5) is 10.2 Å². The lowest BCUT2D eigenvalue weighted by atomic mass is 10.0. The van der Waals surface area contributed by atoms with Gasteiger partial charge in [-0.1, -0.05) is 12.1 Å². The van der Waals surface area contributed by atoms with Gasteiger partial charge >= 0.3 is 0 Å². The Morgan fingerprint density at radius 3 is 3.05 bits per heavy atom. The van der Waals surface area contributed by atoms with Crippen molar-refractivity contribution in [3.63, 3.8) is 0 Å². The van der Waals surface area contributed by atoms with Crippen LogP contribution in [0.25, 0.3) is 11.0 Å². The highest BCUT2D eigenvalue weighted by Gasteiger charge is 2.29. The number of anilines is 1. The van der Waals surface area contributed by atoms with Gasteiger partial charge in [0, 0.05) is 13.6 Å². The van der Waals surface area contributed by atoms with Crippen LogP contribution in [0.3, 0.4) is 0 Å². The van der Waals surface area contributed by atoms with Crippen molar-refractivity contribution in [3.8, 4) is 0 Å². The summed E-state index contributed by atoms with van der Waals surface area (Å²) in [5, 5.41) is 5.21. The van der Waals surface area contributed by atoms with Gasteiger partial charge in [0.05, 0.1) is 17.6 Å². The first-order chi connectivity index (χ1) is 10.7. The Morgan fingerprint density at radius 1 is 1.27 bits per heavy atom. The van der Waals surface area contributed by atoms with E-state index in [1.54, 1.807) is 29.3 Å². The van der Waals surface area contributed by atoms with Gasteiger partial charge in [0.25, 0.3) is 0 Å². The highest BCUT2D eigenvalue weighted by Crippen LogP contribution is 2.37. The van der Waals surface area contributed by atoms with Crippen LogP contribution in [0.2, 0.25) is 0 Å². The zero-order valence-electron chi connectivity index (χ0n) is 12.3. The molecule has 1 fully saturated rings. The molecule has 1 unspecified atom stereocenters. The van der Waals surface area contributed by atoms with E-state index in [1.807, 2.05) is 13.1 Å². The minimum absolute atomic E-state index is 0.147. The lowest BCUT2D eigenvalue weighted by Gasteiger charge is -2.26. The summed E-state index contributed by atoms with van der Waals surface area (Å²) in [7, 11) is 1.87. The molecule has 5 nitrogen and oxygen atoms in total. The summed E-state index contributed by atoms with van der Waals surface area (Å²) >= 11 is 0. The Labute approximate surface area is 127 Å². The van der Waals surface area contributed by atoms with Gasteiger partial charge < -0.3 is 4.90 Å². The van der Waals surface area contributed by atoms with E-state index in [0.717, 1.165) is 41.8 Å². The Morgan fingerprint density at radius 2 is 2.18 bits per heavy atom. The van der Waals surface area contributed by atoms with Crippen molar-refractivity contribution >= 4 is 16.9 Å². The molecule has 0 N–H and O–H groups in total. The second-order valence-electron chi connectivity index (χ2n) is 5.61. The fourth-order valence-corrected chi connectivity index (χ4v) is 3.26. The number of aryl methyl sites for hydroxylation is 1. The third-order valence-corrected chi connectivity index (χ3v) is 4.27. The SMILES string of the molecule is Cn1ncc2c(N3CCCC3c3cccc(F)c3)ncnc21.